The van der Waals surface area contributed by atoms with Gasteiger partial charge < -0.3 is 10.2 Å². The van der Waals surface area contributed by atoms with Gasteiger partial charge in [0, 0.05) is 23.5 Å². The first-order valence-electron chi connectivity index (χ1n) is 9.31. The first-order chi connectivity index (χ1) is 14.6. The summed E-state index contributed by atoms with van der Waals surface area (Å²) < 4.78 is 78.3. The Hall–Kier alpha value is -3.30. The average molecular weight is 438 g/mol. The summed E-state index contributed by atoms with van der Waals surface area (Å²) in [4.78, 5) is 9.99. The summed E-state index contributed by atoms with van der Waals surface area (Å²) in [7, 11) is 0. The third kappa shape index (κ3) is 4.42. The Bertz CT molecular complexity index is 1080. The maximum absolute atomic E-state index is 13.4. The van der Waals surface area contributed by atoms with Gasteiger partial charge >= 0.3 is 12.4 Å². The standard InChI is InChI=1S/C21H16F6N4/c22-20(23,24)13-5-7-14(8-6-13)30-19-15-9-10-31(11-17(15)28-12-29-19)18-4-2-1-3-16(18)21(25,26)27/h1-8,12H,9-11H2,(H,28,29,30). The second-order valence-electron chi connectivity index (χ2n) is 7.03. The Morgan fingerprint density at radius 1 is 0.839 bits per heavy atom. The van der Waals surface area contributed by atoms with E-state index >= 15 is 0 Å². The fraction of sp³-hybridized carbons (Fsp3) is 0.238. The number of hydrogen-bond donors (Lipinski definition) is 1. The van der Waals surface area contributed by atoms with Gasteiger partial charge in [-0.3, -0.25) is 0 Å². The summed E-state index contributed by atoms with van der Waals surface area (Å²) in [6, 6.07) is 9.89. The molecule has 162 valence electrons. The molecule has 1 aromatic heterocycles. The van der Waals surface area contributed by atoms with E-state index in [2.05, 4.69) is 15.3 Å². The van der Waals surface area contributed by atoms with Gasteiger partial charge in [0.2, 0.25) is 0 Å². The number of rotatable bonds is 3. The number of halogens is 6. The van der Waals surface area contributed by atoms with Gasteiger partial charge in [-0.2, -0.15) is 26.3 Å². The summed E-state index contributed by atoms with van der Waals surface area (Å²) in [6.45, 7) is 0.474. The lowest BCUT2D eigenvalue weighted by Gasteiger charge is -2.32. The molecule has 0 atom stereocenters. The van der Waals surface area contributed by atoms with Crippen LogP contribution in [-0.2, 0) is 25.3 Å². The SMILES string of the molecule is FC(F)(F)c1ccc(Nc2ncnc3c2CCN(c2ccccc2C(F)(F)F)C3)cc1. The molecule has 0 unspecified atom stereocenters. The minimum Gasteiger partial charge on any atom is -0.365 e. The normalized spacial score (nSPS) is 14.3. The Labute approximate surface area is 173 Å². The quantitative estimate of drug-likeness (QED) is 0.523. The molecule has 0 saturated heterocycles. The van der Waals surface area contributed by atoms with Gasteiger partial charge in [0.05, 0.1) is 23.4 Å². The molecule has 1 aliphatic heterocycles. The highest BCUT2D eigenvalue weighted by Crippen LogP contribution is 2.38. The number of aromatic nitrogens is 2. The van der Waals surface area contributed by atoms with E-state index in [1.165, 1.54) is 30.6 Å². The highest BCUT2D eigenvalue weighted by atomic mass is 19.4. The first kappa shape index (κ1) is 21.0. The number of nitrogens with one attached hydrogen (secondary N) is 1. The average Bonchev–Trinajstić information content (AvgIpc) is 2.73. The Kier molecular flexibility index (Phi) is 5.24. The van der Waals surface area contributed by atoms with Crippen LogP contribution in [0.3, 0.4) is 0 Å². The smallest absolute Gasteiger partial charge is 0.365 e. The largest absolute Gasteiger partial charge is 0.418 e. The van der Waals surface area contributed by atoms with Crippen LogP contribution in [0.25, 0.3) is 0 Å². The third-order valence-electron chi connectivity index (χ3n) is 5.03. The van der Waals surface area contributed by atoms with Gasteiger partial charge in [-0.05, 0) is 42.8 Å². The molecule has 0 spiro atoms. The van der Waals surface area contributed by atoms with Crippen LogP contribution in [-0.4, -0.2) is 16.5 Å². The molecule has 2 aromatic carbocycles. The van der Waals surface area contributed by atoms with Gasteiger partial charge in [0.15, 0.2) is 0 Å². The Morgan fingerprint density at radius 2 is 1.55 bits per heavy atom. The number of anilines is 3. The fourth-order valence-electron chi connectivity index (χ4n) is 3.54. The monoisotopic (exact) mass is 438 g/mol. The van der Waals surface area contributed by atoms with Crippen molar-refractivity contribution in [2.24, 2.45) is 0 Å². The highest BCUT2D eigenvalue weighted by Gasteiger charge is 2.35. The van der Waals surface area contributed by atoms with Crippen molar-refractivity contribution in [3.63, 3.8) is 0 Å². The first-order valence-corrected chi connectivity index (χ1v) is 9.31. The van der Waals surface area contributed by atoms with Gasteiger partial charge in [0.25, 0.3) is 0 Å². The minimum atomic E-state index is -4.47. The molecule has 0 radical (unpaired) electrons. The maximum atomic E-state index is 13.4. The minimum absolute atomic E-state index is 0.0801. The van der Waals surface area contributed by atoms with E-state index in [-0.39, 0.29) is 12.2 Å². The second kappa shape index (κ2) is 7.75. The molecule has 10 heteroatoms. The Balaban J connectivity index is 1.58. The lowest BCUT2D eigenvalue weighted by molar-refractivity contribution is -0.138. The maximum Gasteiger partial charge on any atom is 0.418 e. The zero-order valence-electron chi connectivity index (χ0n) is 15.9. The molecule has 0 fully saturated rings. The molecule has 1 N–H and O–H groups in total. The van der Waals surface area contributed by atoms with E-state index in [0.29, 0.717) is 30.2 Å². The van der Waals surface area contributed by atoms with Crippen molar-refractivity contribution < 1.29 is 26.3 Å². The van der Waals surface area contributed by atoms with Crippen LogP contribution in [0.15, 0.2) is 54.9 Å². The van der Waals surface area contributed by atoms with Crippen LogP contribution in [0.5, 0.6) is 0 Å². The van der Waals surface area contributed by atoms with Gasteiger partial charge in [-0.25, -0.2) is 9.97 Å². The highest BCUT2D eigenvalue weighted by molar-refractivity contribution is 5.63. The second-order valence-corrected chi connectivity index (χ2v) is 7.03. The number of nitrogens with zero attached hydrogens (tertiary/aromatic N) is 3. The number of benzene rings is 2. The van der Waals surface area contributed by atoms with E-state index < -0.39 is 23.5 Å². The molecular weight excluding hydrogens is 422 g/mol. The Morgan fingerprint density at radius 3 is 2.23 bits per heavy atom. The molecule has 1 aliphatic rings. The lowest BCUT2D eigenvalue weighted by Crippen LogP contribution is -2.33. The summed E-state index contributed by atoms with van der Waals surface area (Å²) in [5.41, 5.74) is 0.309. The van der Waals surface area contributed by atoms with Crippen LogP contribution in [0.2, 0.25) is 0 Å². The van der Waals surface area contributed by atoms with Crippen molar-refractivity contribution in [1.29, 1.82) is 0 Å². The topological polar surface area (TPSA) is 41.1 Å². The van der Waals surface area contributed by atoms with Crippen LogP contribution in [0, 0.1) is 0 Å². The number of hydrogen-bond acceptors (Lipinski definition) is 4. The van der Waals surface area contributed by atoms with Crippen LogP contribution >= 0.6 is 0 Å². The van der Waals surface area contributed by atoms with Crippen LogP contribution in [0.4, 0.5) is 43.5 Å². The van der Waals surface area contributed by atoms with Gasteiger partial charge in [0.1, 0.15) is 12.1 Å². The number of alkyl halides is 6. The van der Waals surface area contributed by atoms with E-state index in [9.17, 15) is 26.3 Å². The fourth-order valence-corrected chi connectivity index (χ4v) is 3.54. The molecule has 0 saturated carbocycles. The molecule has 0 amide bonds. The van der Waals surface area contributed by atoms with Crippen LogP contribution < -0.4 is 10.2 Å². The molecule has 4 rings (SSSR count). The zero-order valence-corrected chi connectivity index (χ0v) is 15.9. The van der Waals surface area contributed by atoms with Crippen molar-refractivity contribution in [2.45, 2.75) is 25.3 Å². The van der Waals surface area contributed by atoms with Crippen molar-refractivity contribution in [3.05, 3.63) is 77.2 Å². The van der Waals surface area contributed by atoms with Gasteiger partial charge in [-0.1, -0.05) is 12.1 Å². The zero-order chi connectivity index (χ0) is 22.2. The molecular formula is C21H16F6N4. The summed E-state index contributed by atoms with van der Waals surface area (Å²) in [5, 5.41) is 2.98. The van der Waals surface area contributed by atoms with Crippen molar-refractivity contribution in [1.82, 2.24) is 9.97 Å². The van der Waals surface area contributed by atoms with Crippen molar-refractivity contribution in [2.75, 3.05) is 16.8 Å². The summed E-state index contributed by atoms with van der Waals surface area (Å²) >= 11 is 0. The van der Waals surface area contributed by atoms with E-state index in [1.54, 1.807) is 11.0 Å². The molecule has 0 aliphatic carbocycles. The molecule has 2 heterocycles. The predicted molar refractivity (Wildman–Crippen MR) is 103 cm³/mol. The number of fused-ring (bicyclic) bond motifs is 1. The lowest BCUT2D eigenvalue weighted by atomic mass is 10.0. The summed E-state index contributed by atoms with van der Waals surface area (Å²) in [5.74, 6) is 0.425. The molecule has 0 bridgehead atoms. The van der Waals surface area contributed by atoms with E-state index in [4.69, 9.17) is 0 Å². The van der Waals surface area contributed by atoms with Gasteiger partial charge in [-0.15, -0.1) is 0 Å². The third-order valence-corrected chi connectivity index (χ3v) is 5.03. The predicted octanol–water partition coefficient (Wildman–Crippen LogP) is 5.82. The summed E-state index contributed by atoms with van der Waals surface area (Å²) in [6.07, 6.45) is -7.24. The molecule has 31 heavy (non-hydrogen) atoms. The van der Waals surface area contributed by atoms with Crippen LogP contribution in [0.1, 0.15) is 22.4 Å². The van der Waals surface area contributed by atoms with E-state index in [1.807, 2.05) is 0 Å². The number of para-hydroxylation sites is 1. The van der Waals surface area contributed by atoms with E-state index in [0.717, 1.165) is 23.8 Å². The molecule has 3 aromatic rings. The molecule has 4 nitrogen and oxygen atoms in total. The van der Waals surface area contributed by atoms with Crippen molar-refractivity contribution in [3.8, 4) is 0 Å². The van der Waals surface area contributed by atoms with Crippen molar-refractivity contribution >= 4 is 17.2 Å².